The quantitative estimate of drug-likeness (QED) is 0.508. The van der Waals surface area contributed by atoms with Gasteiger partial charge in [-0.25, -0.2) is 4.99 Å². The van der Waals surface area contributed by atoms with Crippen LogP contribution < -0.4 is 5.73 Å². The lowest BCUT2D eigenvalue weighted by Crippen LogP contribution is -2.24. The van der Waals surface area contributed by atoms with Gasteiger partial charge >= 0.3 is 0 Å². The molecule has 0 saturated heterocycles. The van der Waals surface area contributed by atoms with E-state index < -0.39 is 0 Å². The highest BCUT2D eigenvalue weighted by atomic mass is 14.8. The molecule has 0 radical (unpaired) electrons. The van der Waals surface area contributed by atoms with Crippen LogP contribution >= 0.6 is 0 Å². The van der Waals surface area contributed by atoms with Crippen molar-refractivity contribution in [3.8, 4) is 0 Å². The van der Waals surface area contributed by atoms with E-state index in [1.54, 1.807) is 6.20 Å². The van der Waals surface area contributed by atoms with Crippen LogP contribution in [-0.4, -0.2) is 5.84 Å². The van der Waals surface area contributed by atoms with E-state index in [1.165, 1.54) is 0 Å². The predicted molar refractivity (Wildman–Crippen MR) is 55.1 cm³/mol. The Hall–Kier alpha value is -0.790. The molecule has 0 saturated carbocycles. The summed E-state index contributed by atoms with van der Waals surface area (Å²) in [5.41, 5.74) is 5.76. The van der Waals surface area contributed by atoms with Crippen molar-refractivity contribution in [1.82, 2.24) is 0 Å². The molecule has 70 valence electrons. The van der Waals surface area contributed by atoms with Crippen LogP contribution in [0.15, 0.2) is 17.3 Å². The second-order valence-corrected chi connectivity index (χ2v) is 3.38. The van der Waals surface area contributed by atoms with Crippen molar-refractivity contribution in [2.45, 2.75) is 34.1 Å². The lowest BCUT2D eigenvalue weighted by atomic mass is 9.97. The van der Waals surface area contributed by atoms with Gasteiger partial charge in [0.25, 0.3) is 0 Å². The Kier molecular flexibility index (Phi) is 5.43. The first-order chi connectivity index (χ1) is 5.59. The van der Waals surface area contributed by atoms with Crippen LogP contribution in [0.3, 0.4) is 0 Å². The van der Waals surface area contributed by atoms with Gasteiger partial charge in [-0.2, -0.15) is 0 Å². The molecule has 12 heavy (non-hydrogen) atoms. The summed E-state index contributed by atoms with van der Waals surface area (Å²) in [5, 5.41) is 0. The third-order valence-electron chi connectivity index (χ3n) is 2.03. The van der Waals surface area contributed by atoms with Crippen LogP contribution in [0, 0.1) is 11.8 Å². The molecule has 0 aliphatic carbocycles. The minimum absolute atomic E-state index is 0.367. The van der Waals surface area contributed by atoms with Gasteiger partial charge < -0.3 is 5.73 Å². The van der Waals surface area contributed by atoms with Crippen molar-refractivity contribution in [1.29, 1.82) is 0 Å². The van der Waals surface area contributed by atoms with Gasteiger partial charge in [0.2, 0.25) is 0 Å². The number of hydrogen-bond donors (Lipinski definition) is 1. The van der Waals surface area contributed by atoms with Crippen LogP contribution in [0.25, 0.3) is 0 Å². The Balaban J connectivity index is 4.08. The second kappa shape index (κ2) is 5.81. The summed E-state index contributed by atoms with van der Waals surface area (Å²) < 4.78 is 0. The third kappa shape index (κ3) is 4.16. The zero-order valence-corrected chi connectivity index (χ0v) is 8.54. The smallest absolute Gasteiger partial charge is 0.102 e. The fourth-order valence-electron chi connectivity index (χ4n) is 0.703. The molecule has 2 heteroatoms. The number of allylic oxidation sites excluding steroid dienone is 1. The van der Waals surface area contributed by atoms with E-state index in [9.17, 15) is 0 Å². The monoisotopic (exact) mass is 168 g/mol. The molecule has 0 aliphatic rings. The molecule has 0 aliphatic heterocycles. The first-order valence-corrected chi connectivity index (χ1v) is 4.57. The third-order valence-corrected chi connectivity index (χ3v) is 2.03. The van der Waals surface area contributed by atoms with Crippen LogP contribution in [-0.2, 0) is 0 Å². The van der Waals surface area contributed by atoms with Crippen LogP contribution in [0.2, 0.25) is 0 Å². The minimum atomic E-state index is 0.367. The molecule has 1 atom stereocenters. The zero-order valence-electron chi connectivity index (χ0n) is 8.54. The number of hydrogen-bond acceptors (Lipinski definition) is 1. The first-order valence-electron chi connectivity index (χ1n) is 4.57. The topological polar surface area (TPSA) is 38.4 Å². The van der Waals surface area contributed by atoms with Crippen molar-refractivity contribution in [3.05, 3.63) is 12.3 Å². The van der Waals surface area contributed by atoms with Gasteiger partial charge in [-0.15, -0.1) is 0 Å². The van der Waals surface area contributed by atoms with Gasteiger partial charge in [0, 0.05) is 12.1 Å². The maximum absolute atomic E-state index is 5.76. The van der Waals surface area contributed by atoms with E-state index in [2.05, 4.69) is 32.7 Å². The lowest BCUT2D eigenvalue weighted by Gasteiger charge is -2.13. The fraction of sp³-hybridized carbons (Fsp3) is 0.700. The molecule has 0 aromatic heterocycles. The van der Waals surface area contributed by atoms with Gasteiger partial charge in [-0.3, -0.25) is 0 Å². The van der Waals surface area contributed by atoms with Gasteiger partial charge in [0.05, 0.1) is 0 Å². The van der Waals surface area contributed by atoms with Crippen LogP contribution in [0.1, 0.15) is 34.1 Å². The molecule has 0 bridgehead atoms. The van der Waals surface area contributed by atoms with Gasteiger partial charge in [-0.1, -0.05) is 33.8 Å². The Morgan fingerprint density at radius 3 is 2.42 bits per heavy atom. The fourth-order valence-corrected chi connectivity index (χ4v) is 0.703. The number of rotatable bonds is 4. The molecular weight excluding hydrogens is 148 g/mol. The summed E-state index contributed by atoms with van der Waals surface area (Å²) in [6.07, 6.45) is 4.79. The van der Waals surface area contributed by atoms with Gasteiger partial charge in [0.1, 0.15) is 5.84 Å². The summed E-state index contributed by atoms with van der Waals surface area (Å²) in [5.74, 6) is 1.66. The van der Waals surface area contributed by atoms with E-state index in [0.717, 1.165) is 12.3 Å². The second-order valence-electron chi connectivity index (χ2n) is 3.38. The highest BCUT2D eigenvalue weighted by molar-refractivity contribution is 5.83. The Labute approximate surface area is 75.6 Å². The molecule has 0 aromatic carbocycles. The van der Waals surface area contributed by atoms with E-state index in [0.29, 0.717) is 11.8 Å². The van der Waals surface area contributed by atoms with E-state index in [-0.39, 0.29) is 0 Å². The molecule has 0 rings (SSSR count). The predicted octanol–water partition coefficient (Wildman–Crippen LogP) is 2.56. The van der Waals surface area contributed by atoms with Crippen LogP contribution in [0.5, 0.6) is 0 Å². The molecule has 0 spiro atoms. The van der Waals surface area contributed by atoms with Crippen molar-refractivity contribution in [3.63, 3.8) is 0 Å². The summed E-state index contributed by atoms with van der Waals surface area (Å²) >= 11 is 0. The van der Waals surface area contributed by atoms with E-state index >= 15 is 0 Å². The molecule has 0 amide bonds. The normalized spacial score (nSPS) is 15.9. The van der Waals surface area contributed by atoms with Crippen molar-refractivity contribution in [2.24, 2.45) is 22.6 Å². The largest absolute Gasteiger partial charge is 0.387 e. The van der Waals surface area contributed by atoms with E-state index in [1.807, 2.05) is 6.08 Å². The maximum atomic E-state index is 5.76. The maximum Gasteiger partial charge on any atom is 0.102 e. The van der Waals surface area contributed by atoms with Crippen molar-refractivity contribution < 1.29 is 0 Å². The summed E-state index contributed by atoms with van der Waals surface area (Å²) in [6, 6.07) is 0. The van der Waals surface area contributed by atoms with Crippen molar-refractivity contribution >= 4 is 5.84 Å². The molecule has 0 aromatic rings. The first kappa shape index (κ1) is 11.2. The Morgan fingerprint density at radius 1 is 1.42 bits per heavy atom. The molecular formula is C10H20N2. The SMILES string of the molecule is CCC=CN=C(N)C(C)C(C)C. The lowest BCUT2D eigenvalue weighted by molar-refractivity contribution is 0.529. The molecule has 2 N–H and O–H groups in total. The van der Waals surface area contributed by atoms with E-state index in [4.69, 9.17) is 5.73 Å². The standard InChI is InChI=1S/C10H20N2/c1-5-6-7-12-10(11)9(4)8(2)3/h6-9H,5H2,1-4H3,(H2,11,12). The summed E-state index contributed by atoms with van der Waals surface area (Å²) in [6.45, 7) is 8.48. The number of nitrogens with two attached hydrogens (primary N) is 1. The highest BCUT2D eigenvalue weighted by Crippen LogP contribution is 2.09. The average molecular weight is 168 g/mol. The minimum Gasteiger partial charge on any atom is -0.387 e. The average Bonchev–Trinajstić information content (AvgIpc) is 2.03. The van der Waals surface area contributed by atoms with Gasteiger partial charge in [-0.05, 0) is 12.3 Å². The van der Waals surface area contributed by atoms with Crippen molar-refractivity contribution in [2.75, 3.05) is 0 Å². The number of aliphatic imine (C=N–C) groups is 1. The zero-order chi connectivity index (χ0) is 9.56. The Bertz CT molecular complexity index is 169. The molecule has 0 fully saturated rings. The summed E-state index contributed by atoms with van der Waals surface area (Å²) in [7, 11) is 0. The number of amidine groups is 1. The number of nitrogens with zero attached hydrogens (tertiary/aromatic N) is 1. The summed E-state index contributed by atoms with van der Waals surface area (Å²) in [4.78, 5) is 4.15. The van der Waals surface area contributed by atoms with Gasteiger partial charge in [0.15, 0.2) is 0 Å². The molecule has 2 nitrogen and oxygen atoms in total. The Morgan fingerprint density at radius 2 is 2.00 bits per heavy atom. The highest BCUT2D eigenvalue weighted by Gasteiger charge is 2.09. The van der Waals surface area contributed by atoms with Crippen LogP contribution in [0.4, 0.5) is 0 Å². The molecule has 0 heterocycles. The molecule has 1 unspecified atom stereocenters.